The van der Waals surface area contributed by atoms with Gasteiger partial charge in [-0.15, -0.1) is 0 Å². The van der Waals surface area contributed by atoms with Gasteiger partial charge in [0, 0.05) is 25.0 Å². The maximum atomic E-state index is 8.48. The van der Waals surface area contributed by atoms with Gasteiger partial charge < -0.3 is 4.57 Å². The van der Waals surface area contributed by atoms with Gasteiger partial charge in [0.05, 0.1) is 17.4 Å². The molecule has 3 rings (SSSR count). The van der Waals surface area contributed by atoms with Gasteiger partial charge in [-0.05, 0) is 17.7 Å². The third-order valence-corrected chi connectivity index (χ3v) is 2.88. The highest BCUT2D eigenvalue weighted by atomic mass is 15.1. The summed E-state index contributed by atoms with van der Waals surface area (Å²) in [7, 11) is 1.96. The number of fused-ring (bicyclic) bond motifs is 1. The van der Waals surface area contributed by atoms with E-state index < -0.39 is 0 Å². The zero-order valence-electron chi connectivity index (χ0n) is 10.2. The van der Waals surface area contributed by atoms with Crippen LogP contribution in [-0.2, 0) is 7.05 Å². The van der Waals surface area contributed by atoms with Crippen LogP contribution in [0.2, 0.25) is 0 Å². The molecule has 0 saturated carbocycles. The lowest BCUT2D eigenvalue weighted by Crippen LogP contribution is -1.95. The van der Waals surface area contributed by atoms with Crippen molar-refractivity contribution in [2.24, 2.45) is 7.05 Å². The predicted octanol–water partition coefficient (Wildman–Crippen LogP) is 1.92. The molecular formula is C13H10N6. The molecule has 0 unspecified atom stereocenters. The van der Waals surface area contributed by atoms with Gasteiger partial charge in [-0.3, -0.25) is 5.32 Å². The minimum Gasteiger partial charge on any atom is -0.334 e. The highest BCUT2D eigenvalue weighted by Gasteiger charge is 2.04. The van der Waals surface area contributed by atoms with E-state index in [9.17, 15) is 0 Å². The van der Waals surface area contributed by atoms with E-state index in [1.165, 1.54) is 0 Å². The van der Waals surface area contributed by atoms with Gasteiger partial charge in [0.2, 0.25) is 5.95 Å². The standard InChI is InChI=1S/C13H10N6/c1-19-8-18-11-4-9(2-3-12(11)19)10-5-15-13(16-6-10)17-7-14/h2-6,8H,1H3,(H,15,16,17). The van der Waals surface area contributed by atoms with Crippen molar-refractivity contribution in [3.8, 4) is 17.3 Å². The second kappa shape index (κ2) is 4.38. The highest BCUT2D eigenvalue weighted by Crippen LogP contribution is 2.22. The molecule has 2 heterocycles. The van der Waals surface area contributed by atoms with E-state index in [1.54, 1.807) is 24.9 Å². The van der Waals surface area contributed by atoms with Crippen LogP contribution in [0.1, 0.15) is 0 Å². The van der Waals surface area contributed by atoms with Crippen LogP contribution in [0.4, 0.5) is 5.95 Å². The first-order chi connectivity index (χ1) is 9.28. The Morgan fingerprint density at radius 1 is 1.16 bits per heavy atom. The summed E-state index contributed by atoms with van der Waals surface area (Å²) in [5, 5.41) is 10.9. The van der Waals surface area contributed by atoms with E-state index in [0.29, 0.717) is 5.95 Å². The van der Waals surface area contributed by atoms with E-state index in [4.69, 9.17) is 5.26 Å². The highest BCUT2D eigenvalue weighted by molar-refractivity contribution is 5.81. The summed E-state index contributed by atoms with van der Waals surface area (Å²) >= 11 is 0. The summed E-state index contributed by atoms with van der Waals surface area (Å²) in [6.45, 7) is 0. The van der Waals surface area contributed by atoms with Crippen LogP contribution in [0.15, 0.2) is 36.9 Å². The van der Waals surface area contributed by atoms with Gasteiger partial charge in [-0.1, -0.05) is 6.07 Å². The van der Waals surface area contributed by atoms with Crippen molar-refractivity contribution in [3.63, 3.8) is 0 Å². The molecule has 0 atom stereocenters. The summed E-state index contributed by atoms with van der Waals surface area (Å²) in [6, 6.07) is 6.00. The maximum Gasteiger partial charge on any atom is 0.236 e. The quantitative estimate of drug-likeness (QED) is 0.555. The molecule has 0 radical (unpaired) electrons. The Kier molecular flexibility index (Phi) is 2.58. The average molecular weight is 250 g/mol. The fourth-order valence-corrected chi connectivity index (χ4v) is 1.91. The first-order valence-corrected chi connectivity index (χ1v) is 5.66. The predicted molar refractivity (Wildman–Crippen MR) is 71.0 cm³/mol. The largest absolute Gasteiger partial charge is 0.334 e. The summed E-state index contributed by atoms with van der Waals surface area (Å²) in [4.78, 5) is 12.4. The molecule has 0 saturated heterocycles. The summed E-state index contributed by atoms with van der Waals surface area (Å²) in [5.41, 5.74) is 3.89. The van der Waals surface area contributed by atoms with E-state index in [0.717, 1.165) is 22.2 Å². The first kappa shape index (κ1) is 11.2. The molecule has 2 aromatic heterocycles. The molecule has 92 valence electrons. The number of rotatable bonds is 2. The van der Waals surface area contributed by atoms with Crippen molar-refractivity contribution < 1.29 is 0 Å². The Bertz CT molecular complexity index is 766. The maximum absolute atomic E-state index is 8.48. The molecule has 0 amide bonds. The van der Waals surface area contributed by atoms with Crippen molar-refractivity contribution >= 4 is 17.0 Å². The Hall–Kier alpha value is -2.94. The van der Waals surface area contributed by atoms with E-state index in [1.807, 2.05) is 29.8 Å². The molecular weight excluding hydrogens is 240 g/mol. The molecule has 0 bridgehead atoms. The molecule has 0 aliphatic rings. The molecule has 1 aromatic carbocycles. The van der Waals surface area contributed by atoms with Crippen molar-refractivity contribution in [2.45, 2.75) is 0 Å². The third kappa shape index (κ3) is 1.98. The minimum atomic E-state index is 0.296. The fourth-order valence-electron chi connectivity index (χ4n) is 1.91. The Balaban J connectivity index is 2.01. The number of nitrogens with one attached hydrogen (secondary N) is 1. The number of hydrogen-bond donors (Lipinski definition) is 1. The second-order valence-corrected chi connectivity index (χ2v) is 4.09. The number of nitrogens with zero attached hydrogens (tertiary/aromatic N) is 5. The summed E-state index contributed by atoms with van der Waals surface area (Å²) in [6.07, 6.45) is 6.92. The van der Waals surface area contributed by atoms with Gasteiger partial charge in [-0.25, -0.2) is 15.0 Å². The van der Waals surface area contributed by atoms with E-state index in [-0.39, 0.29) is 0 Å². The van der Waals surface area contributed by atoms with Crippen LogP contribution in [0.5, 0.6) is 0 Å². The normalized spacial score (nSPS) is 10.3. The minimum absolute atomic E-state index is 0.296. The van der Waals surface area contributed by atoms with Gasteiger partial charge in [-0.2, -0.15) is 5.26 Å². The van der Waals surface area contributed by atoms with E-state index >= 15 is 0 Å². The number of benzene rings is 1. The number of imidazole rings is 1. The number of aryl methyl sites for hydroxylation is 1. The van der Waals surface area contributed by atoms with E-state index in [2.05, 4.69) is 20.3 Å². The molecule has 0 fully saturated rings. The van der Waals surface area contributed by atoms with Crippen LogP contribution in [0.25, 0.3) is 22.2 Å². The van der Waals surface area contributed by atoms with Gasteiger partial charge in [0.15, 0.2) is 6.19 Å². The van der Waals surface area contributed by atoms with Crippen molar-refractivity contribution in [1.29, 1.82) is 5.26 Å². The van der Waals surface area contributed by atoms with Gasteiger partial charge >= 0.3 is 0 Å². The number of aromatic nitrogens is 4. The molecule has 0 aliphatic heterocycles. The topological polar surface area (TPSA) is 79.4 Å². The molecule has 19 heavy (non-hydrogen) atoms. The smallest absolute Gasteiger partial charge is 0.236 e. The fraction of sp³-hybridized carbons (Fsp3) is 0.0769. The zero-order chi connectivity index (χ0) is 13.2. The SMILES string of the molecule is Cn1cnc2cc(-c3cnc(NC#N)nc3)ccc21. The first-order valence-electron chi connectivity index (χ1n) is 5.66. The number of hydrogen-bond acceptors (Lipinski definition) is 5. The monoisotopic (exact) mass is 250 g/mol. The molecule has 0 spiro atoms. The van der Waals surface area contributed by atoms with Crippen LogP contribution >= 0.6 is 0 Å². The molecule has 6 nitrogen and oxygen atoms in total. The van der Waals surface area contributed by atoms with Crippen LogP contribution in [0.3, 0.4) is 0 Å². The molecule has 3 aromatic rings. The van der Waals surface area contributed by atoms with Crippen LogP contribution in [-0.4, -0.2) is 19.5 Å². The Labute approximate surface area is 109 Å². The lowest BCUT2D eigenvalue weighted by Gasteiger charge is -2.02. The molecule has 0 aliphatic carbocycles. The third-order valence-electron chi connectivity index (χ3n) is 2.88. The van der Waals surface area contributed by atoms with Crippen LogP contribution < -0.4 is 5.32 Å². The zero-order valence-corrected chi connectivity index (χ0v) is 10.2. The number of nitriles is 1. The van der Waals surface area contributed by atoms with Crippen molar-refractivity contribution in [3.05, 3.63) is 36.9 Å². The number of anilines is 1. The second-order valence-electron chi connectivity index (χ2n) is 4.09. The van der Waals surface area contributed by atoms with Gasteiger partial charge in [0.1, 0.15) is 0 Å². The van der Waals surface area contributed by atoms with Crippen LogP contribution in [0, 0.1) is 11.5 Å². The van der Waals surface area contributed by atoms with Gasteiger partial charge in [0.25, 0.3) is 0 Å². The Morgan fingerprint density at radius 2 is 1.95 bits per heavy atom. The Morgan fingerprint density at radius 3 is 2.68 bits per heavy atom. The molecule has 6 heteroatoms. The summed E-state index contributed by atoms with van der Waals surface area (Å²) < 4.78 is 1.97. The van der Waals surface area contributed by atoms with Crippen molar-refractivity contribution in [2.75, 3.05) is 5.32 Å². The lowest BCUT2D eigenvalue weighted by atomic mass is 10.1. The van der Waals surface area contributed by atoms with Crippen molar-refractivity contribution in [1.82, 2.24) is 19.5 Å². The average Bonchev–Trinajstić information content (AvgIpc) is 2.81. The summed E-state index contributed by atoms with van der Waals surface area (Å²) in [5.74, 6) is 0.296. The molecule has 1 N–H and O–H groups in total. The lowest BCUT2D eigenvalue weighted by molar-refractivity contribution is 0.948.